The van der Waals surface area contributed by atoms with E-state index in [9.17, 15) is 4.79 Å². The number of fused-ring (bicyclic) bond motifs is 1. The van der Waals surface area contributed by atoms with Crippen LogP contribution in [0.2, 0.25) is 5.02 Å². The molecule has 0 heterocycles. The van der Waals surface area contributed by atoms with Crippen LogP contribution in [0.4, 0.5) is 5.69 Å². The summed E-state index contributed by atoms with van der Waals surface area (Å²) in [7, 11) is 0. The molecule has 1 aliphatic rings. The van der Waals surface area contributed by atoms with Crippen molar-refractivity contribution in [1.82, 2.24) is 0 Å². The summed E-state index contributed by atoms with van der Waals surface area (Å²) >= 11 is 6.07. The van der Waals surface area contributed by atoms with Crippen molar-refractivity contribution in [3.05, 3.63) is 28.3 Å². The molecular formula is C11H12ClNO. The molecule has 74 valence electrons. The molecule has 1 amide bonds. The summed E-state index contributed by atoms with van der Waals surface area (Å²) in [5.41, 5.74) is 3.35. The van der Waals surface area contributed by atoms with Crippen LogP contribution in [0.5, 0.6) is 0 Å². The molecule has 0 aromatic heterocycles. The van der Waals surface area contributed by atoms with E-state index in [2.05, 4.69) is 5.32 Å². The van der Waals surface area contributed by atoms with E-state index in [4.69, 9.17) is 11.6 Å². The van der Waals surface area contributed by atoms with Crippen molar-refractivity contribution in [2.75, 3.05) is 5.32 Å². The fourth-order valence-electron chi connectivity index (χ4n) is 1.97. The second-order valence-corrected chi connectivity index (χ2v) is 3.99. The van der Waals surface area contributed by atoms with Crippen molar-refractivity contribution in [2.45, 2.75) is 26.2 Å². The molecule has 0 saturated carbocycles. The SMILES string of the molecule is CC(=O)Nc1ccc(Cl)c2c1CCC2. The van der Waals surface area contributed by atoms with Crippen molar-refractivity contribution in [3.63, 3.8) is 0 Å². The van der Waals surface area contributed by atoms with Gasteiger partial charge in [0.1, 0.15) is 0 Å². The summed E-state index contributed by atoms with van der Waals surface area (Å²) in [6, 6.07) is 3.74. The number of rotatable bonds is 1. The third-order valence-electron chi connectivity index (χ3n) is 2.54. The van der Waals surface area contributed by atoms with E-state index in [-0.39, 0.29) is 5.91 Å². The molecule has 0 radical (unpaired) electrons. The van der Waals surface area contributed by atoms with E-state index in [0.717, 1.165) is 30.0 Å². The molecule has 0 bridgehead atoms. The van der Waals surface area contributed by atoms with E-state index >= 15 is 0 Å². The zero-order valence-corrected chi connectivity index (χ0v) is 8.82. The van der Waals surface area contributed by atoms with Crippen molar-refractivity contribution in [3.8, 4) is 0 Å². The molecule has 3 heteroatoms. The molecule has 1 aromatic rings. The molecule has 14 heavy (non-hydrogen) atoms. The van der Waals surface area contributed by atoms with Crippen LogP contribution in [0.1, 0.15) is 24.5 Å². The molecule has 0 unspecified atom stereocenters. The van der Waals surface area contributed by atoms with Gasteiger partial charge in [0.15, 0.2) is 0 Å². The third kappa shape index (κ3) is 1.62. The van der Waals surface area contributed by atoms with Gasteiger partial charge in [-0.05, 0) is 42.5 Å². The Hall–Kier alpha value is -1.02. The highest BCUT2D eigenvalue weighted by atomic mass is 35.5. The molecule has 0 fully saturated rings. The maximum Gasteiger partial charge on any atom is 0.221 e. The lowest BCUT2D eigenvalue weighted by Crippen LogP contribution is -2.08. The predicted octanol–water partition coefficient (Wildman–Crippen LogP) is 2.79. The number of carbonyl (C=O) groups is 1. The van der Waals surface area contributed by atoms with E-state index in [0.29, 0.717) is 0 Å². The standard InChI is InChI=1S/C11H12ClNO/c1-7(14)13-11-6-5-10(12)8-3-2-4-9(8)11/h5-6H,2-4H2,1H3,(H,13,14). The minimum atomic E-state index is -0.0265. The van der Waals surface area contributed by atoms with Gasteiger partial charge in [-0.3, -0.25) is 4.79 Å². The van der Waals surface area contributed by atoms with Gasteiger partial charge in [0, 0.05) is 17.6 Å². The van der Waals surface area contributed by atoms with Crippen LogP contribution >= 0.6 is 11.6 Å². The Morgan fingerprint density at radius 3 is 2.79 bits per heavy atom. The number of amides is 1. The normalized spacial score (nSPS) is 13.9. The van der Waals surface area contributed by atoms with Gasteiger partial charge in [-0.2, -0.15) is 0 Å². The number of hydrogen-bond acceptors (Lipinski definition) is 1. The second kappa shape index (κ2) is 3.62. The quantitative estimate of drug-likeness (QED) is 0.757. The Morgan fingerprint density at radius 1 is 1.36 bits per heavy atom. The monoisotopic (exact) mass is 209 g/mol. The van der Waals surface area contributed by atoms with Crippen molar-refractivity contribution >= 4 is 23.2 Å². The maximum atomic E-state index is 11.0. The van der Waals surface area contributed by atoms with Crippen molar-refractivity contribution < 1.29 is 4.79 Å². The van der Waals surface area contributed by atoms with Crippen LogP contribution in [0.25, 0.3) is 0 Å². The summed E-state index contributed by atoms with van der Waals surface area (Å²) < 4.78 is 0. The summed E-state index contributed by atoms with van der Waals surface area (Å²) in [5, 5.41) is 3.66. The van der Waals surface area contributed by atoms with Crippen molar-refractivity contribution in [2.24, 2.45) is 0 Å². The molecule has 0 atom stereocenters. The number of hydrogen-bond donors (Lipinski definition) is 1. The smallest absolute Gasteiger partial charge is 0.221 e. The van der Waals surface area contributed by atoms with E-state index in [1.807, 2.05) is 12.1 Å². The largest absolute Gasteiger partial charge is 0.326 e. The lowest BCUT2D eigenvalue weighted by Gasteiger charge is -2.09. The van der Waals surface area contributed by atoms with Crippen LogP contribution in [0.15, 0.2) is 12.1 Å². The predicted molar refractivity (Wildman–Crippen MR) is 57.8 cm³/mol. The average Bonchev–Trinajstić information content (AvgIpc) is 2.58. The van der Waals surface area contributed by atoms with Gasteiger partial charge >= 0.3 is 0 Å². The van der Waals surface area contributed by atoms with Crippen LogP contribution in [0.3, 0.4) is 0 Å². The highest BCUT2D eigenvalue weighted by Gasteiger charge is 2.17. The minimum Gasteiger partial charge on any atom is -0.326 e. The van der Waals surface area contributed by atoms with Gasteiger partial charge in [-0.15, -0.1) is 0 Å². The molecule has 1 N–H and O–H groups in total. The van der Waals surface area contributed by atoms with Crippen molar-refractivity contribution in [1.29, 1.82) is 0 Å². The van der Waals surface area contributed by atoms with Gasteiger partial charge < -0.3 is 5.32 Å². The zero-order valence-electron chi connectivity index (χ0n) is 8.06. The van der Waals surface area contributed by atoms with Crippen LogP contribution in [-0.4, -0.2) is 5.91 Å². The van der Waals surface area contributed by atoms with Gasteiger partial charge in [-0.25, -0.2) is 0 Å². The van der Waals surface area contributed by atoms with Crippen LogP contribution < -0.4 is 5.32 Å². The molecule has 1 aromatic carbocycles. The molecule has 2 nitrogen and oxygen atoms in total. The fraction of sp³-hybridized carbons (Fsp3) is 0.364. The first-order valence-electron chi connectivity index (χ1n) is 4.76. The van der Waals surface area contributed by atoms with Gasteiger partial charge in [0.25, 0.3) is 0 Å². The van der Waals surface area contributed by atoms with Gasteiger partial charge in [-0.1, -0.05) is 11.6 Å². The lowest BCUT2D eigenvalue weighted by molar-refractivity contribution is -0.114. The van der Waals surface area contributed by atoms with E-state index in [1.54, 1.807) is 0 Å². The lowest BCUT2D eigenvalue weighted by atomic mass is 10.1. The van der Waals surface area contributed by atoms with Crippen LogP contribution in [0, 0.1) is 0 Å². The van der Waals surface area contributed by atoms with Gasteiger partial charge in [0.2, 0.25) is 5.91 Å². The van der Waals surface area contributed by atoms with Crippen LogP contribution in [-0.2, 0) is 17.6 Å². The first-order chi connectivity index (χ1) is 6.68. The molecule has 0 spiro atoms. The maximum absolute atomic E-state index is 11.0. The Bertz CT molecular complexity index is 387. The number of halogens is 1. The zero-order chi connectivity index (χ0) is 10.1. The number of nitrogens with one attached hydrogen (secondary N) is 1. The van der Waals surface area contributed by atoms with Gasteiger partial charge in [0.05, 0.1) is 0 Å². The Balaban J connectivity index is 2.43. The second-order valence-electron chi connectivity index (χ2n) is 3.59. The summed E-state index contributed by atoms with van der Waals surface area (Å²) in [5.74, 6) is -0.0265. The number of benzene rings is 1. The molecule has 0 aliphatic heterocycles. The fourth-order valence-corrected chi connectivity index (χ4v) is 2.24. The summed E-state index contributed by atoms with van der Waals surface area (Å²) in [6.45, 7) is 1.52. The Labute approximate surface area is 88.3 Å². The van der Waals surface area contributed by atoms with E-state index < -0.39 is 0 Å². The highest BCUT2D eigenvalue weighted by molar-refractivity contribution is 6.31. The molecule has 1 aliphatic carbocycles. The molecule has 0 saturated heterocycles. The minimum absolute atomic E-state index is 0.0265. The van der Waals surface area contributed by atoms with E-state index in [1.165, 1.54) is 18.1 Å². The molecule has 2 rings (SSSR count). The first-order valence-corrected chi connectivity index (χ1v) is 5.14. The Morgan fingerprint density at radius 2 is 2.07 bits per heavy atom. The Kier molecular flexibility index (Phi) is 2.46. The third-order valence-corrected chi connectivity index (χ3v) is 2.89. The topological polar surface area (TPSA) is 29.1 Å². The highest BCUT2D eigenvalue weighted by Crippen LogP contribution is 2.34. The number of carbonyl (C=O) groups excluding carboxylic acids is 1. The summed E-state index contributed by atoms with van der Waals surface area (Å²) in [4.78, 5) is 11.0. The average molecular weight is 210 g/mol. The molecular weight excluding hydrogens is 198 g/mol. The first kappa shape index (κ1) is 9.53. The summed E-state index contributed by atoms with van der Waals surface area (Å²) in [6.07, 6.45) is 3.18. The number of anilines is 1.